The van der Waals surface area contributed by atoms with Crippen molar-refractivity contribution in [2.24, 2.45) is 10.8 Å². The fraction of sp³-hybridized carbons (Fsp3) is 1.00. The van der Waals surface area contributed by atoms with Gasteiger partial charge in [0.2, 0.25) is 0 Å². The summed E-state index contributed by atoms with van der Waals surface area (Å²) in [6.07, 6.45) is 5.01. The van der Waals surface area contributed by atoms with E-state index in [1.807, 2.05) is 0 Å². The van der Waals surface area contributed by atoms with Crippen LogP contribution in [0.25, 0.3) is 0 Å². The Morgan fingerprint density at radius 2 is 1.40 bits per heavy atom. The minimum absolute atomic E-state index is 0.143. The molecule has 2 saturated heterocycles. The molecule has 0 bridgehead atoms. The van der Waals surface area contributed by atoms with Crippen LogP contribution >= 0.6 is 0 Å². The lowest BCUT2D eigenvalue weighted by Crippen LogP contribution is -2.53. The molecule has 0 amide bonds. The molecule has 2 aliphatic rings. The molecule has 0 aliphatic carbocycles. The Balaban J connectivity index is 2.03. The second-order valence-corrected chi connectivity index (χ2v) is 7.10. The van der Waals surface area contributed by atoms with Crippen LogP contribution in [0.2, 0.25) is 0 Å². The molecule has 4 heteroatoms. The molecule has 2 aliphatic heterocycles. The highest BCUT2D eigenvalue weighted by atomic mass is 16.5. The van der Waals surface area contributed by atoms with E-state index in [4.69, 9.17) is 14.6 Å². The summed E-state index contributed by atoms with van der Waals surface area (Å²) >= 11 is 0. The van der Waals surface area contributed by atoms with Crippen LogP contribution in [0, 0.1) is 10.8 Å². The molecule has 0 aromatic heterocycles. The summed E-state index contributed by atoms with van der Waals surface area (Å²) in [6.45, 7) is 7.56. The highest BCUT2D eigenvalue weighted by Crippen LogP contribution is 2.47. The van der Waals surface area contributed by atoms with Gasteiger partial charge in [-0.2, -0.15) is 0 Å². The van der Waals surface area contributed by atoms with Gasteiger partial charge in [0.1, 0.15) is 0 Å². The van der Waals surface area contributed by atoms with Crippen molar-refractivity contribution in [1.29, 1.82) is 0 Å². The maximum Gasteiger partial charge on any atom is 0.0662 e. The van der Waals surface area contributed by atoms with Crippen molar-refractivity contribution in [2.45, 2.75) is 58.0 Å². The molecule has 118 valence electrons. The standard InChI is InChI=1S/C16H30O4/c1-3-14(10-19-11-14)8-16(18,6-5-7-17)9-15(4-2)12-20-13-15/h17-18H,3-13H2,1-2H3. The number of aliphatic hydroxyl groups is 2. The van der Waals surface area contributed by atoms with Crippen LogP contribution in [-0.2, 0) is 9.47 Å². The largest absolute Gasteiger partial charge is 0.396 e. The van der Waals surface area contributed by atoms with E-state index in [1.54, 1.807) is 0 Å². The van der Waals surface area contributed by atoms with Gasteiger partial charge in [0.25, 0.3) is 0 Å². The van der Waals surface area contributed by atoms with Crippen molar-refractivity contribution in [3.05, 3.63) is 0 Å². The number of ether oxygens (including phenoxy) is 2. The first-order chi connectivity index (χ1) is 9.51. The van der Waals surface area contributed by atoms with Crippen molar-refractivity contribution in [3.63, 3.8) is 0 Å². The summed E-state index contributed by atoms with van der Waals surface area (Å²) in [6, 6.07) is 0. The summed E-state index contributed by atoms with van der Waals surface area (Å²) in [5.41, 5.74) is -0.407. The molecule has 0 aromatic rings. The third kappa shape index (κ3) is 3.35. The lowest BCUT2D eigenvalue weighted by molar-refractivity contribution is -0.190. The summed E-state index contributed by atoms with van der Waals surface area (Å²) in [5, 5.41) is 20.3. The third-order valence-electron chi connectivity index (χ3n) is 5.34. The SMILES string of the molecule is CCC1(CC(O)(CCCO)CC2(CC)COC2)COC1. The summed E-state index contributed by atoms with van der Waals surface area (Å²) in [7, 11) is 0. The molecule has 0 saturated carbocycles. The van der Waals surface area contributed by atoms with Crippen LogP contribution in [0.15, 0.2) is 0 Å². The van der Waals surface area contributed by atoms with Crippen LogP contribution in [0.1, 0.15) is 52.4 Å². The molecular formula is C16H30O4. The van der Waals surface area contributed by atoms with Crippen molar-refractivity contribution < 1.29 is 19.7 Å². The van der Waals surface area contributed by atoms with Gasteiger partial charge in [-0.05, 0) is 38.5 Å². The first kappa shape index (κ1) is 16.2. The van der Waals surface area contributed by atoms with E-state index in [-0.39, 0.29) is 17.4 Å². The Morgan fingerprint density at radius 1 is 0.950 bits per heavy atom. The fourth-order valence-electron chi connectivity index (χ4n) is 3.69. The average Bonchev–Trinajstić information content (AvgIpc) is 2.36. The second-order valence-electron chi connectivity index (χ2n) is 7.10. The van der Waals surface area contributed by atoms with Gasteiger partial charge in [-0.15, -0.1) is 0 Å². The molecule has 4 nitrogen and oxygen atoms in total. The predicted molar refractivity (Wildman–Crippen MR) is 77.6 cm³/mol. The minimum atomic E-state index is -0.692. The monoisotopic (exact) mass is 286 g/mol. The van der Waals surface area contributed by atoms with E-state index < -0.39 is 5.60 Å². The van der Waals surface area contributed by atoms with Gasteiger partial charge in [-0.3, -0.25) is 0 Å². The second kappa shape index (κ2) is 6.30. The first-order valence-corrected chi connectivity index (χ1v) is 8.00. The lowest BCUT2D eigenvalue weighted by Gasteiger charge is -2.51. The third-order valence-corrected chi connectivity index (χ3v) is 5.34. The Labute approximate surface area is 122 Å². The molecule has 2 fully saturated rings. The van der Waals surface area contributed by atoms with E-state index >= 15 is 0 Å². The molecule has 2 N–H and O–H groups in total. The van der Waals surface area contributed by atoms with Crippen LogP contribution in [0.3, 0.4) is 0 Å². The highest BCUT2D eigenvalue weighted by Gasteiger charge is 2.49. The minimum Gasteiger partial charge on any atom is -0.396 e. The van der Waals surface area contributed by atoms with Gasteiger partial charge in [-0.25, -0.2) is 0 Å². The number of aliphatic hydroxyl groups excluding tert-OH is 1. The quantitative estimate of drug-likeness (QED) is 0.681. The van der Waals surface area contributed by atoms with E-state index in [0.29, 0.717) is 12.8 Å². The molecule has 20 heavy (non-hydrogen) atoms. The number of hydrogen-bond acceptors (Lipinski definition) is 4. The average molecular weight is 286 g/mol. The van der Waals surface area contributed by atoms with E-state index in [9.17, 15) is 5.11 Å². The number of hydrogen-bond donors (Lipinski definition) is 2. The molecule has 0 aromatic carbocycles. The van der Waals surface area contributed by atoms with E-state index in [0.717, 1.165) is 52.1 Å². The van der Waals surface area contributed by atoms with Crippen LogP contribution < -0.4 is 0 Å². The predicted octanol–water partition coefficient (Wildman–Crippen LogP) is 2.12. The van der Waals surface area contributed by atoms with Crippen LogP contribution in [-0.4, -0.2) is 48.8 Å². The van der Waals surface area contributed by atoms with Gasteiger partial charge in [-0.1, -0.05) is 13.8 Å². The van der Waals surface area contributed by atoms with E-state index in [1.165, 1.54) is 0 Å². The van der Waals surface area contributed by atoms with Crippen molar-refractivity contribution >= 4 is 0 Å². The van der Waals surface area contributed by atoms with Gasteiger partial charge < -0.3 is 19.7 Å². The first-order valence-electron chi connectivity index (χ1n) is 8.00. The topological polar surface area (TPSA) is 58.9 Å². The maximum atomic E-state index is 11.2. The molecule has 0 spiro atoms. The Kier molecular flexibility index (Phi) is 5.11. The summed E-state index contributed by atoms with van der Waals surface area (Å²) in [4.78, 5) is 0. The van der Waals surface area contributed by atoms with Crippen molar-refractivity contribution in [2.75, 3.05) is 33.0 Å². The van der Waals surface area contributed by atoms with Crippen molar-refractivity contribution in [1.82, 2.24) is 0 Å². The molecular weight excluding hydrogens is 256 g/mol. The van der Waals surface area contributed by atoms with Crippen LogP contribution in [0.4, 0.5) is 0 Å². The zero-order valence-electron chi connectivity index (χ0n) is 13.0. The van der Waals surface area contributed by atoms with Gasteiger partial charge >= 0.3 is 0 Å². The lowest BCUT2D eigenvalue weighted by atomic mass is 9.65. The zero-order chi connectivity index (χ0) is 14.7. The fourth-order valence-corrected chi connectivity index (χ4v) is 3.69. The van der Waals surface area contributed by atoms with E-state index in [2.05, 4.69) is 13.8 Å². The smallest absolute Gasteiger partial charge is 0.0662 e. The van der Waals surface area contributed by atoms with Crippen molar-refractivity contribution in [3.8, 4) is 0 Å². The summed E-state index contributed by atoms with van der Waals surface area (Å²) in [5.74, 6) is 0. The highest BCUT2D eigenvalue weighted by molar-refractivity contribution is 4.99. The zero-order valence-corrected chi connectivity index (χ0v) is 13.0. The molecule has 0 atom stereocenters. The maximum absolute atomic E-state index is 11.2. The Bertz CT molecular complexity index is 273. The van der Waals surface area contributed by atoms with Gasteiger partial charge in [0.05, 0.1) is 32.0 Å². The molecule has 2 heterocycles. The molecule has 0 unspecified atom stereocenters. The van der Waals surface area contributed by atoms with Crippen LogP contribution in [0.5, 0.6) is 0 Å². The normalized spacial score (nSPS) is 24.0. The Morgan fingerprint density at radius 3 is 1.65 bits per heavy atom. The summed E-state index contributed by atoms with van der Waals surface area (Å²) < 4.78 is 10.8. The molecule has 2 rings (SSSR count). The molecule has 0 radical (unpaired) electrons. The van der Waals surface area contributed by atoms with Gasteiger partial charge in [0.15, 0.2) is 0 Å². The number of rotatable bonds is 9. The van der Waals surface area contributed by atoms with Gasteiger partial charge in [0, 0.05) is 17.4 Å². The Hall–Kier alpha value is -0.160.